The molecule has 0 fully saturated rings. The molecule has 0 aliphatic heterocycles. The Kier molecular flexibility index (Phi) is 4.75. The van der Waals surface area contributed by atoms with Gasteiger partial charge in [-0.05, 0) is 48.9 Å². The van der Waals surface area contributed by atoms with Gasteiger partial charge in [-0.2, -0.15) is 0 Å². The summed E-state index contributed by atoms with van der Waals surface area (Å²) in [5.41, 5.74) is 2.52. The number of halogens is 1. The van der Waals surface area contributed by atoms with Crippen molar-refractivity contribution in [1.82, 2.24) is 4.90 Å². The van der Waals surface area contributed by atoms with Crippen molar-refractivity contribution in [3.8, 4) is 0 Å². The molecule has 0 bridgehead atoms. The van der Waals surface area contributed by atoms with E-state index in [1.165, 1.54) is 12.1 Å². The highest BCUT2D eigenvalue weighted by atomic mass is 19.1. The molecule has 0 saturated heterocycles. The molecular weight excluding hydrogens is 305 g/mol. The molecule has 4 heteroatoms. The summed E-state index contributed by atoms with van der Waals surface area (Å²) in [6.45, 7) is 2.69. The zero-order chi connectivity index (χ0) is 16.9. The third-order valence-corrected chi connectivity index (χ3v) is 3.77. The van der Waals surface area contributed by atoms with Gasteiger partial charge in [-0.3, -0.25) is 4.79 Å². The average Bonchev–Trinajstić information content (AvgIpc) is 3.09. The van der Waals surface area contributed by atoms with Crippen molar-refractivity contribution >= 4 is 5.91 Å². The highest BCUT2D eigenvalue weighted by Gasteiger charge is 2.18. The molecule has 1 amide bonds. The Morgan fingerprint density at radius 3 is 2.50 bits per heavy atom. The van der Waals surface area contributed by atoms with Gasteiger partial charge in [0, 0.05) is 12.1 Å². The quantitative estimate of drug-likeness (QED) is 0.689. The number of nitrogens with zero attached hydrogens (tertiary/aromatic N) is 1. The van der Waals surface area contributed by atoms with Crippen LogP contribution in [0.2, 0.25) is 0 Å². The standard InChI is InChI=1S/C20H18FNO2/c1-15-4-2-5-17(12-15)20(23)22(14-19-6-3-11-24-19)13-16-7-9-18(21)10-8-16/h2-12H,13-14H2,1H3. The lowest BCUT2D eigenvalue weighted by molar-refractivity contribution is 0.0717. The smallest absolute Gasteiger partial charge is 0.254 e. The summed E-state index contributed by atoms with van der Waals surface area (Å²) in [6, 6.07) is 17.3. The largest absolute Gasteiger partial charge is 0.467 e. The molecule has 3 nitrogen and oxygen atoms in total. The van der Waals surface area contributed by atoms with Gasteiger partial charge in [-0.1, -0.05) is 29.8 Å². The van der Waals surface area contributed by atoms with E-state index < -0.39 is 0 Å². The van der Waals surface area contributed by atoms with Crippen molar-refractivity contribution in [1.29, 1.82) is 0 Å². The maximum Gasteiger partial charge on any atom is 0.254 e. The average molecular weight is 323 g/mol. The van der Waals surface area contributed by atoms with Gasteiger partial charge in [0.2, 0.25) is 0 Å². The summed E-state index contributed by atoms with van der Waals surface area (Å²) in [4.78, 5) is 14.6. The molecule has 0 aliphatic rings. The van der Waals surface area contributed by atoms with Crippen LogP contribution in [0.4, 0.5) is 4.39 Å². The first-order chi connectivity index (χ1) is 11.6. The predicted octanol–water partition coefficient (Wildman–Crippen LogP) is 4.57. The molecule has 0 radical (unpaired) electrons. The van der Waals surface area contributed by atoms with Gasteiger partial charge in [-0.25, -0.2) is 4.39 Å². The summed E-state index contributed by atoms with van der Waals surface area (Å²) in [7, 11) is 0. The first-order valence-electron chi connectivity index (χ1n) is 7.74. The molecule has 2 aromatic carbocycles. The number of hydrogen-bond acceptors (Lipinski definition) is 2. The first kappa shape index (κ1) is 16.0. The summed E-state index contributed by atoms with van der Waals surface area (Å²) in [5.74, 6) is 0.332. The van der Waals surface area contributed by atoms with Crippen LogP contribution >= 0.6 is 0 Å². The fourth-order valence-corrected chi connectivity index (χ4v) is 2.56. The van der Waals surface area contributed by atoms with Crippen LogP contribution in [0.1, 0.15) is 27.2 Å². The van der Waals surface area contributed by atoms with Crippen molar-refractivity contribution in [3.63, 3.8) is 0 Å². The third kappa shape index (κ3) is 3.90. The molecule has 1 aromatic heterocycles. The Hall–Kier alpha value is -2.88. The molecule has 3 rings (SSSR count). The Balaban J connectivity index is 1.86. The van der Waals surface area contributed by atoms with E-state index in [4.69, 9.17) is 4.42 Å². The molecular formula is C20H18FNO2. The highest BCUT2D eigenvalue weighted by molar-refractivity contribution is 5.94. The maximum absolute atomic E-state index is 13.1. The second kappa shape index (κ2) is 7.13. The van der Waals surface area contributed by atoms with Gasteiger partial charge < -0.3 is 9.32 Å². The Bertz CT molecular complexity index is 810. The molecule has 0 atom stereocenters. The van der Waals surface area contributed by atoms with Crippen molar-refractivity contribution in [3.05, 3.63) is 95.2 Å². The SMILES string of the molecule is Cc1cccc(C(=O)N(Cc2ccc(F)cc2)Cc2ccco2)c1. The molecule has 3 aromatic rings. The van der Waals surface area contributed by atoms with Crippen molar-refractivity contribution in [2.24, 2.45) is 0 Å². The molecule has 0 unspecified atom stereocenters. The summed E-state index contributed by atoms with van der Waals surface area (Å²) in [5, 5.41) is 0. The summed E-state index contributed by atoms with van der Waals surface area (Å²) >= 11 is 0. The lowest BCUT2D eigenvalue weighted by atomic mass is 10.1. The zero-order valence-corrected chi connectivity index (χ0v) is 13.4. The molecule has 1 heterocycles. The number of furan rings is 1. The lowest BCUT2D eigenvalue weighted by Gasteiger charge is -2.22. The Labute approximate surface area is 140 Å². The van der Waals surface area contributed by atoms with Gasteiger partial charge in [0.15, 0.2) is 0 Å². The third-order valence-electron chi connectivity index (χ3n) is 3.77. The Morgan fingerprint density at radius 2 is 1.83 bits per heavy atom. The second-order valence-electron chi connectivity index (χ2n) is 5.74. The minimum absolute atomic E-state index is 0.0839. The number of benzene rings is 2. The van der Waals surface area contributed by atoms with Gasteiger partial charge >= 0.3 is 0 Å². The topological polar surface area (TPSA) is 33.5 Å². The van der Waals surface area contributed by atoms with Gasteiger partial charge in [-0.15, -0.1) is 0 Å². The fraction of sp³-hybridized carbons (Fsp3) is 0.150. The second-order valence-corrected chi connectivity index (χ2v) is 5.74. The van der Waals surface area contributed by atoms with E-state index in [0.717, 1.165) is 11.1 Å². The normalized spacial score (nSPS) is 10.6. The van der Waals surface area contributed by atoms with E-state index in [1.807, 2.05) is 31.2 Å². The van der Waals surface area contributed by atoms with Crippen LogP contribution in [0.15, 0.2) is 71.3 Å². The van der Waals surface area contributed by atoms with Gasteiger partial charge in [0.25, 0.3) is 5.91 Å². The number of carbonyl (C=O) groups is 1. The van der Waals surface area contributed by atoms with Gasteiger partial charge in [0.05, 0.1) is 12.8 Å². The molecule has 0 saturated carbocycles. The maximum atomic E-state index is 13.1. The van der Waals surface area contributed by atoms with Crippen LogP contribution in [0.5, 0.6) is 0 Å². The lowest BCUT2D eigenvalue weighted by Crippen LogP contribution is -2.30. The number of aryl methyl sites for hydroxylation is 1. The van der Waals surface area contributed by atoms with Crippen LogP contribution in [-0.4, -0.2) is 10.8 Å². The zero-order valence-electron chi connectivity index (χ0n) is 13.4. The van der Waals surface area contributed by atoms with E-state index >= 15 is 0 Å². The van der Waals surface area contributed by atoms with Crippen molar-refractivity contribution in [2.75, 3.05) is 0 Å². The highest BCUT2D eigenvalue weighted by Crippen LogP contribution is 2.16. The number of rotatable bonds is 5. The predicted molar refractivity (Wildman–Crippen MR) is 89.9 cm³/mol. The first-order valence-corrected chi connectivity index (χ1v) is 7.74. The minimum Gasteiger partial charge on any atom is -0.467 e. The van der Waals surface area contributed by atoms with E-state index in [9.17, 15) is 9.18 Å². The number of carbonyl (C=O) groups excluding carboxylic acids is 1. The number of amides is 1. The monoisotopic (exact) mass is 323 g/mol. The molecule has 0 N–H and O–H groups in total. The number of hydrogen-bond donors (Lipinski definition) is 0. The van der Waals surface area contributed by atoms with E-state index in [2.05, 4.69) is 0 Å². The van der Waals surface area contributed by atoms with Crippen LogP contribution in [0, 0.1) is 12.7 Å². The van der Waals surface area contributed by atoms with Crippen LogP contribution in [0.3, 0.4) is 0 Å². The van der Waals surface area contributed by atoms with Gasteiger partial charge in [0.1, 0.15) is 11.6 Å². The molecule has 0 aliphatic carbocycles. The molecule has 122 valence electrons. The van der Waals surface area contributed by atoms with Crippen molar-refractivity contribution in [2.45, 2.75) is 20.0 Å². The Morgan fingerprint density at radius 1 is 1.04 bits per heavy atom. The van der Waals surface area contributed by atoms with E-state index in [-0.39, 0.29) is 11.7 Å². The van der Waals surface area contributed by atoms with Crippen LogP contribution in [-0.2, 0) is 13.1 Å². The fourth-order valence-electron chi connectivity index (χ4n) is 2.56. The summed E-state index contributed by atoms with van der Waals surface area (Å²) in [6.07, 6.45) is 1.59. The van der Waals surface area contributed by atoms with Crippen LogP contribution < -0.4 is 0 Å². The van der Waals surface area contributed by atoms with Crippen LogP contribution in [0.25, 0.3) is 0 Å². The summed E-state index contributed by atoms with van der Waals surface area (Å²) < 4.78 is 18.5. The van der Waals surface area contributed by atoms with Crippen molar-refractivity contribution < 1.29 is 13.6 Å². The minimum atomic E-state index is -0.290. The van der Waals surface area contributed by atoms with E-state index in [1.54, 1.807) is 35.4 Å². The molecule has 0 spiro atoms. The van der Waals surface area contributed by atoms with E-state index in [0.29, 0.717) is 24.4 Å². The molecule has 24 heavy (non-hydrogen) atoms.